The van der Waals surface area contributed by atoms with Gasteiger partial charge < -0.3 is 5.32 Å². The average Bonchev–Trinajstić information content (AvgIpc) is 2.47. The topological polar surface area (TPSA) is 24.9 Å². The van der Waals surface area contributed by atoms with Crippen LogP contribution < -0.4 is 5.32 Å². The number of aryl methyl sites for hydroxylation is 1. The molecule has 106 valence electrons. The molecule has 4 heteroatoms. The molecule has 1 aromatic carbocycles. The summed E-state index contributed by atoms with van der Waals surface area (Å²) in [6.45, 7) is 4.60. The first kappa shape index (κ1) is 14.6. The Kier molecular flexibility index (Phi) is 4.79. The largest absolute Gasteiger partial charge is 0.305 e. The molecule has 0 spiro atoms. The number of benzene rings is 1. The minimum absolute atomic E-state index is 0.0724. The highest BCUT2D eigenvalue weighted by Crippen LogP contribution is 2.17. The lowest BCUT2D eigenvalue weighted by molar-refractivity contribution is 0.500. The molecule has 1 N–H and O–H groups in total. The predicted molar refractivity (Wildman–Crippen MR) is 75.2 cm³/mol. The standard InChI is InChI=1S/C16H18F2N2/c1-3-12-5-4-8-19-16(12)10-20-11(2)13-6-7-14(17)15(18)9-13/h4-9,11,20H,3,10H2,1-2H3. The summed E-state index contributed by atoms with van der Waals surface area (Å²) in [6.07, 6.45) is 2.68. The lowest BCUT2D eigenvalue weighted by Gasteiger charge is -2.15. The van der Waals surface area contributed by atoms with Gasteiger partial charge in [-0.1, -0.05) is 19.1 Å². The van der Waals surface area contributed by atoms with E-state index in [-0.39, 0.29) is 6.04 Å². The van der Waals surface area contributed by atoms with Crippen LogP contribution in [0.25, 0.3) is 0 Å². The SMILES string of the molecule is CCc1cccnc1CNC(C)c1ccc(F)c(F)c1. The normalized spacial score (nSPS) is 12.4. The van der Waals surface area contributed by atoms with E-state index in [9.17, 15) is 8.78 Å². The minimum atomic E-state index is -0.820. The number of aromatic nitrogens is 1. The molecule has 2 aromatic rings. The molecule has 0 saturated carbocycles. The van der Waals surface area contributed by atoms with Crippen LogP contribution in [0.4, 0.5) is 8.78 Å². The second-order valence-corrected chi connectivity index (χ2v) is 4.74. The Hall–Kier alpha value is -1.81. The minimum Gasteiger partial charge on any atom is -0.305 e. The van der Waals surface area contributed by atoms with Crippen molar-refractivity contribution in [1.82, 2.24) is 10.3 Å². The third kappa shape index (κ3) is 3.39. The molecule has 0 aliphatic heterocycles. The molecule has 0 fully saturated rings. The van der Waals surface area contributed by atoms with Crippen molar-refractivity contribution >= 4 is 0 Å². The number of rotatable bonds is 5. The summed E-state index contributed by atoms with van der Waals surface area (Å²) in [7, 11) is 0. The molecule has 0 aliphatic rings. The summed E-state index contributed by atoms with van der Waals surface area (Å²) in [5.41, 5.74) is 2.90. The molecular formula is C16H18F2N2. The first-order chi connectivity index (χ1) is 9.61. The molecule has 2 nitrogen and oxygen atoms in total. The van der Waals surface area contributed by atoms with Gasteiger partial charge in [-0.3, -0.25) is 4.98 Å². The molecule has 1 unspecified atom stereocenters. The molecule has 0 aliphatic carbocycles. The molecule has 0 bridgehead atoms. The fourth-order valence-corrected chi connectivity index (χ4v) is 2.10. The first-order valence-corrected chi connectivity index (χ1v) is 6.73. The monoisotopic (exact) mass is 276 g/mol. The molecular weight excluding hydrogens is 258 g/mol. The van der Waals surface area contributed by atoms with Crippen molar-refractivity contribution in [3.05, 3.63) is 65.0 Å². The van der Waals surface area contributed by atoms with Gasteiger partial charge in [-0.05, 0) is 42.7 Å². The van der Waals surface area contributed by atoms with E-state index in [2.05, 4.69) is 17.2 Å². The smallest absolute Gasteiger partial charge is 0.159 e. The Balaban J connectivity index is 2.04. The lowest BCUT2D eigenvalue weighted by atomic mass is 10.1. The van der Waals surface area contributed by atoms with Crippen LogP contribution >= 0.6 is 0 Å². The molecule has 0 saturated heterocycles. The maximum atomic E-state index is 13.2. The summed E-state index contributed by atoms with van der Waals surface area (Å²) < 4.78 is 26.1. The number of halogens is 2. The Bertz CT molecular complexity index is 584. The number of nitrogens with one attached hydrogen (secondary N) is 1. The fourth-order valence-electron chi connectivity index (χ4n) is 2.10. The van der Waals surface area contributed by atoms with Crippen molar-refractivity contribution < 1.29 is 8.78 Å². The van der Waals surface area contributed by atoms with Gasteiger partial charge in [0.05, 0.1) is 5.69 Å². The maximum absolute atomic E-state index is 13.2. The van der Waals surface area contributed by atoms with E-state index in [1.54, 1.807) is 12.3 Å². The molecule has 2 rings (SSSR count). The number of pyridine rings is 1. The van der Waals surface area contributed by atoms with E-state index < -0.39 is 11.6 Å². The Morgan fingerprint density at radius 2 is 2.00 bits per heavy atom. The van der Waals surface area contributed by atoms with Crippen molar-refractivity contribution in [1.29, 1.82) is 0 Å². The maximum Gasteiger partial charge on any atom is 0.159 e. The highest BCUT2D eigenvalue weighted by molar-refractivity contribution is 5.22. The van der Waals surface area contributed by atoms with E-state index in [1.165, 1.54) is 11.6 Å². The van der Waals surface area contributed by atoms with Gasteiger partial charge in [-0.25, -0.2) is 8.78 Å². The van der Waals surface area contributed by atoms with Crippen LogP contribution in [0.1, 0.15) is 36.7 Å². The van der Waals surface area contributed by atoms with Gasteiger partial charge in [0.15, 0.2) is 11.6 Å². The Labute approximate surface area is 117 Å². The summed E-state index contributed by atoms with van der Waals surface area (Å²) in [4.78, 5) is 4.35. The average molecular weight is 276 g/mol. The number of nitrogens with zero attached hydrogens (tertiary/aromatic N) is 1. The second kappa shape index (κ2) is 6.57. The van der Waals surface area contributed by atoms with Crippen LogP contribution in [0, 0.1) is 11.6 Å². The Morgan fingerprint density at radius 3 is 2.70 bits per heavy atom. The van der Waals surface area contributed by atoms with Gasteiger partial charge in [0.25, 0.3) is 0 Å². The molecule has 1 heterocycles. The van der Waals surface area contributed by atoms with Gasteiger partial charge in [-0.2, -0.15) is 0 Å². The zero-order valence-electron chi connectivity index (χ0n) is 11.7. The van der Waals surface area contributed by atoms with Gasteiger partial charge in [0.2, 0.25) is 0 Å². The van der Waals surface area contributed by atoms with Crippen LogP contribution in [0.5, 0.6) is 0 Å². The molecule has 1 aromatic heterocycles. The van der Waals surface area contributed by atoms with Gasteiger partial charge in [0.1, 0.15) is 0 Å². The lowest BCUT2D eigenvalue weighted by Crippen LogP contribution is -2.20. The van der Waals surface area contributed by atoms with E-state index in [0.29, 0.717) is 6.54 Å². The van der Waals surface area contributed by atoms with Crippen LogP contribution in [0.15, 0.2) is 36.5 Å². The summed E-state index contributed by atoms with van der Waals surface area (Å²) >= 11 is 0. The van der Waals surface area contributed by atoms with Crippen molar-refractivity contribution in [2.75, 3.05) is 0 Å². The fraction of sp³-hybridized carbons (Fsp3) is 0.312. The van der Waals surface area contributed by atoms with Crippen LogP contribution in [-0.2, 0) is 13.0 Å². The molecule has 0 radical (unpaired) electrons. The van der Waals surface area contributed by atoms with Gasteiger partial charge >= 0.3 is 0 Å². The summed E-state index contributed by atoms with van der Waals surface area (Å²) in [5.74, 6) is -1.64. The summed E-state index contributed by atoms with van der Waals surface area (Å²) in [5, 5.41) is 3.28. The number of hydrogen-bond acceptors (Lipinski definition) is 2. The zero-order valence-corrected chi connectivity index (χ0v) is 11.7. The first-order valence-electron chi connectivity index (χ1n) is 6.73. The van der Waals surface area contributed by atoms with Crippen molar-refractivity contribution in [3.8, 4) is 0 Å². The highest BCUT2D eigenvalue weighted by Gasteiger charge is 2.10. The third-order valence-corrected chi connectivity index (χ3v) is 3.38. The quantitative estimate of drug-likeness (QED) is 0.899. The van der Waals surface area contributed by atoms with Gasteiger partial charge in [-0.15, -0.1) is 0 Å². The Morgan fingerprint density at radius 1 is 1.20 bits per heavy atom. The van der Waals surface area contributed by atoms with E-state index in [0.717, 1.165) is 23.7 Å². The molecule has 0 amide bonds. The van der Waals surface area contributed by atoms with E-state index in [1.807, 2.05) is 19.1 Å². The van der Waals surface area contributed by atoms with Gasteiger partial charge in [0, 0.05) is 18.8 Å². The van der Waals surface area contributed by atoms with Crippen molar-refractivity contribution in [2.24, 2.45) is 0 Å². The zero-order chi connectivity index (χ0) is 14.5. The van der Waals surface area contributed by atoms with Crippen LogP contribution in [0.3, 0.4) is 0 Å². The molecule has 20 heavy (non-hydrogen) atoms. The van der Waals surface area contributed by atoms with E-state index in [4.69, 9.17) is 0 Å². The summed E-state index contributed by atoms with van der Waals surface area (Å²) in [6, 6.07) is 7.87. The van der Waals surface area contributed by atoms with Crippen molar-refractivity contribution in [2.45, 2.75) is 32.9 Å². The highest BCUT2D eigenvalue weighted by atomic mass is 19.2. The van der Waals surface area contributed by atoms with Crippen molar-refractivity contribution in [3.63, 3.8) is 0 Å². The van der Waals surface area contributed by atoms with Crippen LogP contribution in [0.2, 0.25) is 0 Å². The third-order valence-electron chi connectivity index (χ3n) is 3.38. The predicted octanol–water partition coefficient (Wildman–Crippen LogP) is 3.77. The van der Waals surface area contributed by atoms with Crippen LogP contribution in [-0.4, -0.2) is 4.98 Å². The second-order valence-electron chi connectivity index (χ2n) is 4.74. The number of hydrogen-bond donors (Lipinski definition) is 1. The molecule has 1 atom stereocenters. The van der Waals surface area contributed by atoms with E-state index >= 15 is 0 Å².